The fourth-order valence-corrected chi connectivity index (χ4v) is 3.85. The molecule has 2 amide bonds. The maximum atomic E-state index is 13.9. The predicted octanol–water partition coefficient (Wildman–Crippen LogP) is 1.91. The quantitative estimate of drug-likeness (QED) is 0.601. The van der Waals surface area contributed by atoms with E-state index in [1.54, 1.807) is 14.0 Å². The summed E-state index contributed by atoms with van der Waals surface area (Å²) >= 11 is 0. The molecule has 3 N–H and O–H groups in total. The molecule has 1 aromatic heterocycles. The van der Waals surface area contributed by atoms with Gasteiger partial charge in [0.05, 0.1) is 11.7 Å². The molecule has 1 aliphatic rings. The highest BCUT2D eigenvalue weighted by atomic mass is 19.1. The number of aromatic hydroxyl groups is 1. The number of fused-ring (bicyclic) bond motifs is 1. The van der Waals surface area contributed by atoms with Gasteiger partial charge in [0, 0.05) is 38.3 Å². The fraction of sp³-hybridized carbons (Fsp3) is 0.409. The van der Waals surface area contributed by atoms with E-state index in [1.807, 2.05) is 6.92 Å². The third-order valence-electron chi connectivity index (χ3n) is 5.61. The van der Waals surface area contributed by atoms with Crippen molar-refractivity contribution in [1.82, 2.24) is 20.1 Å². The van der Waals surface area contributed by atoms with Crippen LogP contribution in [0.1, 0.15) is 58.4 Å². The molecular formula is C22H26F2N4O4. The van der Waals surface area contributed by atoms with E-state index >= 15 is 0 Å². The lowest BCUT2D eigenvalue weighted by Crippen LogP contribution is -2.37. The largest absolute Gasteiger partial charge is 0.503 e. The highest BCUT2D eigenvalue weighted by Crippen LogP contribution is 2.32. The highest BCUT2D eigenvalue weighted by molar-refractivity contribution is 5.99. The summed E-state index contributed by atoms with van der Waals surface area (Å²) < 4.78 is 28.6. The normalized spacial score (nSPS) is 14.8. The summed E-state index contributed by atoms with van der Waals surface area (Å²) in [5.41, 5.74) is -1.08. The topological polar surface area (TPSA) is 104 Å². The van der Waals surface area contributed by atoms with Gasteiger partial charge in [0.15, 0.2) is 11.4 Å². The van der Waals surface area contributed by atoms with E-state index in [4.69, 9.17) is 0 Å². The predicted molar refractivity (Wildman–Crippen MR) is 114 cm³/mol. The molecule has 0 bridgehead atoms. The van der Waals surface area contributed by atoms with Crippen LogP contribution < -0.4 is 16.1 Å². The van der Waals surface area contributed by atoms with Crippen LogP contribution in [0.5, 0.6) is 5.75 Å². The molecule has 0 saturated heterocycles. The number of halogens is 2. The first-order chi connectivity index (χ1) is 15.2. The van der Waals surface area contributed by atoms with Crippen molar-refractivity contribution in [2.24, 2.45) is 0 Å². The Morgan fingerprint density at radius 1 is 1.28 bits per heavy atom. The molecule has 2 aromatic rings. The van der Waals surface area contributed by atoms with Crippen molar-refractivity contribution in [2.75, 3.05) is 20.1 Å². The van der Waals surface area contributed by atoms with Gasteiger partial charge in [0.1, 0.15) is 17.2 Å². The number of carbonyl (C=O) groups is 2. The lowest BCUT2D eigenvalue weighted by Gasteiger charge is -2.22. The minimum Gasteiger partial charge on any atom is -0.503 e. The van der Waals surface area contributed by atoms with Crippen molar-refractivity contribution in [3.8, 4) is 5.75 Å². The lowest BCUT2D eigenvalue weighted by molar-refractivity contribution is 0.0785. The minimum absolute atomic E-state index is 0.0420. The molecule has 0 saturated carbocycles. The zero-order valence-electron chi connectivity index (χ0n) is 18.2. The highest BCUT2D eigenvalue weighted by Gasteiger charge is 2.36. The number of hydrogen-bond donors (Lipinski definition) is 3. The minimum atomic E-state index is -0.967. The number of pyridine rings is 1. The SMILES string of the molecule is CCNC1CCn2c(C(=O)N(C)CC)c(O)c(=O)c(C(=O)NCc3ccc(F)cc3F)c21. The average Bonchev–Trinajstić information content (AvgIpc) is 3.16. The van der Waals surface area contributed by atoms with E-state index in [0.717, 1.165) is 6.07 Å². The van der Waals surface area contributed by atoms with Crippen molar-refractivity contribution in [2.45, 2.75) is 39.4 Å². The van der Waals surface area contributed by atoms with Gasteiger partial charge >= 0.3 is 0 Å². The van der Waals surface area contributed by atoms with Crippen LogP contribution in [-0.2, 0) is 13.1 Å². The van der Waals surface area contributed by atoms with Gasteiger partial charge in [-0.3, -0.25) is 14.4 Å². The Hall–Kier alpha value is -3.27. The summed E-state index contributed by atoms with van der Waals surface area (Å²) in [6.45, 7) is 4.59. The Morgan fingerprint density at radius 3 is 2.62 bits per heavy atom. The summed E-state index contributed by atoms with van der Waals surface area (Å²) in [7, 11) is 1.55. The third kappa shape index (κ3) is 4.22. The summed E-state index contributed by atoms with van der Waals surface area (Å²) in [6, 6.07) is 2.58. The first-order valence-corrected chi connectivity index (χ1v) is 10.4. The van der Waals surface area contributed by atoms with Crippen molar-refractivity contribution < 1.29 is 23.5 Å². The molecular weight excluding hydrogens is 422 g/mol. The number of amides is 2. The second-order valence-electron chi connectivity index (χ2n) is 7.57. The van der Waals surface area contributed by atoms with Crippen LogP contribution in [0.25, 0.3) is 0 Å². The van der Waals surface area contributed by atoms with Gasteiger partial charge in [0.2, 0.25) is 5.43 Å². The molecule has 10 heteroatoms. The molecule has 1 aliphatic heterocycles. The molecule has 8 nitrogen and oxygen atoms in total. The Balaban J connectivity index is 2.06. The van der Waals surface area contributed by atoms with E-state index in [9.17, 15) is 28.3 Å². The fourth-order valence-electron chi connectivity index (χ4n) is 3.85. The molecule has 32 heavy (non-hydrogen) atoms. The van der Waals surface area contributed by atoms with Gasteiger partial charge < -0.3 is 25.2 Å². The maximum absolute atomic E-state index is 13.9. The molecule has 1 atom stereocenters. The summed E-state index contributed by atoms with van der Waals surface area (Å²) in [4.78, 5) is 40.2. The van der Waals surface area contributed by atoms with Gasteiger partial charge in [-0.1, -0.05) is 13.0 Å². The van der Waals surface area contributed by atoms with E-state index in [-0.39, 0.29) is 29.4 Å². The molecule has 0 fully saturated rings. The third-order valence-corrected chi connectivity index (χ3v) is 5.61. The molecule has 0 radical (unpaired) electrons. The van der Waals surface area contributed by atoms with E-state index < -0.39 is 34.6 Å². The van der Waals surface area contributed by atoms with Crippen molar-refractivity contribution in [3.05, 3.63) is 62.6 Å². The van der Waals surface area contributed by atoms with Crippen LogP contribution in [0.15, 0.2) is 23.0 Å². The van der Waals surface area contributed by atoms with Crippen LogP contribution in [0.4, 0.5) is 8.78 Å². The number of aromatic nitrogens is 1. The summed E-state index contributed by atoms with van der Waals surface area (Å²) in [6.07, 6.45) is 0.514. The monoisotopic (exact) mass is 448 g/mol. The van der Waals surface area contributed by atoms with E-state index in [1.165, 1.54) is 15.5 Å². The zero-order chi connectivity index (χ0) is 23.6. The van der Waals surface area contributed by atoms with Gasteiger partial charge in [-0.2, -0.15) is 0 Å². The molecule has 2 heterocycles. The number of benzene rings is 1. The number of rotatable bonds is 7. The summed E-state index contributed by atoms with van der Waals surface area (Å²) in [5, 5.41) is 16.3. The number of nitrogens with one attached hydrogen (secondary N) is 2. The lowest BCUT2D eigenvalue weighted by atomic mass is 10.0. The van der Waals surface area contributed by atoms with Crippen molar-refractivity contribution >= 4 is 11.8 Å². The van der Waals surface area contributed by atoms with Crippen LogP contribution >= 0.6 is 0 Å². The molecule has 1 aromatic carbocycles. The molecule has 1 unspecified atom stereocenters. The Labute approximate surface area is 183 Å². The second kappa shape index (κ2) is 9.47. The number of hydrogen-bond acceptors (Lipinski definition) is 5. The van der Waals surface area contributed by atoms with E-state index in [0.29, 0.717) is 37.8 Å². The zero-order valence-corrected chi connectivity index (χ0v) is 18.2. The van der Waals surface area contributed by atoms with Crippen LogP contribution in [0.3, 0.4) is 0 Å². The first kappa shape index (κ1) is 23.4. The molecule has 3 rings (SSSR count). The van der Waals surface area contributed by atoms with Gasteiger partial charge in [-0.15, -0.1) is 0 Å². The average molecular weight is 448 g/mol. The standard InChI is InChI=1S/C22H26F2N4O4/c1-4-25-15-8-9-28-17(15)16(19(29)20(30)18(28)22(32)27(3)5-2)21(31)26-11-12-6-7-13(23)10-14(12)24/h6-7,10,15,25,30H,4-5,8-9,11H2,1-3H3,(H,26,31). The van der Waals surface area contributed by atoms with Crippen LogP contribution in [-0.4, -0.2) is 46.5 Å². The number of carbonyl (C=O) groups excluding carboxylic acids is 2. The van der Waals surface area contributed by atoms with Gasteiger partial charge in [0.25, 0.3) is 11.8 Å². The smallest absolute Gasteiger partial charge is 0.274 e. The van der Waals surface area contributed by atoms with Crippen LogP contribution in [0, 0.1) is 11.6 Å². The van der Waals surface area contributed by atoms with Crippen molar-refractivity contribution in [1.29, 1.82) is 0 Å². The maximum Gasteiger partial charge on any atom is 0.274 e. The van der Waals surface area contributed by atoms with Gasteiger partial charge in [-0.05, 0) is 26.0 Å². The van der Waals surface area contributed by atoms with E-state index in [2.05, 4.69) is 10.6 Å². The van der Waals surface area contributed by atoms with Crippen molar-refractivity contribution in [3.63, 3.8) is 0 Å². The summed E-state index contributed by atoms with van der Waals surface area (Å²) in [5.74, 6) is -3.71. The number of nitrogens with zero attached hydrogens (tertiary/aromatic N) is 2. The van der Waals surface area contributed by atoms with Crippen LogP contribution in [0.2, 0.25) is 0 Å². The molecule has 0 aliphatic carbocycles. The Morgan fingerprint density at radius 2 is 2.00 bits per heavy atom. The van der Waals surface area contributed by atoms with Gasteiger partial charge in [-0.25, -0.2) is 8.78 Å². The second-order valence-corrected chi connectivity index (χ2v) is 7.57. The Bertz CT molecular complexity index is 1120. The first-order valence-electron chi connectivity index (χ1n) is 10.4. The molecule has 172 valence electrons. The Kier molecular flexibility index (Phi) is 6.93. The molecule has 0 spiro atoms.